The fourth-order valence-corrected chi connectivity index (χ4v) is 2.98. The lowest BCUT2D eigenvalue weighted by molar-refractivity contribution is -0.141. The van der Waals surface area contributed by atoms with Crippen molar-refractivity contribution >= 4 is 35.2 Å². The van der Waals surface area contributed by atoms with E-state index in [1.165, 1.54) is 61.0 Å². The van der Waals surface area contributed by atoms with Crippen LogP contribution in [0, 0.1) is 11.6 Å². The summed E-state index contributed by atoms with van der Waals surface area (Å²) in [4.78, 5) is 20.1. The van der Waals surface area contributed by atoms with Crippen molar-refractivity contribution in [3.05, 3.63) is 89.1 Å². The molecule has 0 spiro atoms. The Hall–Kier alpha value is -4.48. The minimum Gasteiger partial charge on any atom is -0.271 e. The van der Waals surface area contributed by atoms with Crippen molar-refractivity contribution in [3.8, 4) is 0 Å². The van der Waals surface area contributed by atoms with E-state index in [-0.39, 0.29) is 16.9 Å². The van der Waals surface area contributed by atoms with Crippen LogP contribution in [0.25, 0.3) is 11.0 Å². The number of alkyl halides is 3. The van der Waals surface area contributed by atoms with E-state index in [1.807, 2.05) is 0 Å². The Kier molecular flexibility index (Phi) is 6.62. The average molecular weight is 486 g/mol. The van der Waals surface area contributed by atoms with Crippen molar-refractivity contribution in [2.24, 2.45) is 10.1 Å². The van der Waals surface area contributed by atoms with E-state index >= 15 is 0 Å². The van der Waals surface area contributed by atoms with Gasteiger partial charge in [0.05, 0.1) is 11.6 Å². The molecule has 2 aromatic carbocycles. The summed E-state index contributed by atoms with van der Waals surface area (Å²) in [7, 11) is 0. The van der Waals surface area contributed by atoms with Crippen LogP contribution in [0.4, 0.5) is 27.8 Å². The number of halogens is 5. The Labute approximate surface area is 194 Å². The van der Waals surface area contributed by atoms with Crippen molar-refractivity contribution < 1.29 is 26.7 Å². The van der Waals surface area contributed by atoms with Crippen LogP contribution >= 0.6 is 0 Å². The zero-order chi connectivity index (χ0) is 25.0. The van der Waals surface area contributed by atoms with Gasteiger partial charge in [0.15, 0.2) is 11.5 Å². The van der Waals surface area contributed by atoms with E-state index in [1.54, 1.807) is 0 Å². The molecule has 0 saturated heterocycles. The molecule has 0 unspecified atom stereocenters. The summed E-state index contributed by atoms with van der Waals surface area (Å²) in [6.45, 7) is -0.502. The Morgan fingerprint density at radius 2 is 1.51 bits per heavy atom. The molecule has 4 aromatic rings. The average Bonchev–Trinajstić information content (AvgIpc) is 3.16. The Morgan fingerprint density at radius 1 is 0.914 bits per heavy atom. The lowest BCUT2D eigenvalue weighted by atomic mass is 10.2. The molecule has 0 fully saturated rings. The highest BCUT2D eigenvalue weighted by molar-refractivity contribution is 5.91. The molecule has 35 heavy (non-hydrogen) atoms. The summed E-state index contributed by atoms with van der Waals surface area (Å²) in [5.74, 6) is -1.54. The summed E-state index contributed by atoms with van der Waals surface area (Å²) in [6.07, 6.45) is -2.07. The monoisotopic (exact) mass is 486 g/mol. The van der Waals surface area contributed by atoms with Crippen molar-refractivity contribution in [2.45, 2.75) is 12.7 Å². The lowest BCUT2D eigenvalue weighted by Gasteiger charge is -2.06. The van der Waals surface area contributed by atoms with Gasteiger partial charge in [-0.05, 0) is 47.5 Å². The summed E-state index contributed by atoms with van der Waals surface area (Å²) >= 11 is 0. The summed E-state index contributed by atoms with van der Waals surface area (Å²) in [6, 6.07) is 12.7. The first-order valence-corrected chi connectivity index (χ1v) is 10.0. The number of fused-ring (bicyclic) bond motifs is 1. The molecule has 1 amide bonds. The van der Waals surface area contributed by atoms with E-state index in [9.17, 15) is 26.7 Å². The third kappa shape index (κ3) is 5.91. The van der Waals surface area contributed by atoms with Gasteiger partial charge in [0.1, 0.15) is 23.9 Å². The molecule has 4 rings (SSSR count). The number of hydrogen-bond donors (Lipinski definition) is 1. The first-order valence-electron chi connectivity index (χ1n) is 10.0. The standard InChI is InChI=1S/C23H15F5N6O/c24-16-5-1-14(2-6-16)11-29-21-18-9-10-19(23(26,27)28)31-22(18)34(33-21)13-20(35)32-30-12-15-3-7-17(25)8-4-15/h1-12H,13H2,(H,32,35)/b29-11?,30-12+. The Morgan fingerprint density at radius 3 is 2.11 bits per heavy atom. The van der Waals surface area contributed by atoms with Crippen molar-refractivity contribution in [1.82, 2.24) is 20.2 Å². The van der Waals surface area contributed by atoms with E-state index in [0.717, 1.165) is 16.8 Å². The number of hydrogen-bond acceptors (Lipinski definition) is 5. The molecule has 1 N–H and O–H groups in total. The molecule has 7 nitrogen and oxygen atoms in total. The van der Waals surface area contributed by atoms with Gasteiger partial charge in [-0.3, -0.25) is 4.79 Å². The maximum Gasteiger partial charge on any atom is 0.433 e. The predicted molar refractivity (Wildman–Crippen MR) is 118 cm³/mol. The number of aliphatic imine (C=N–C) groups is 1. The molecule has 2 aromatic heterocycles. The molecule has 0 aliphatic rings. The zero-order valence-electron chi connectivity index (χ0n) is 17.7. The quantitative estimate of drug-likeness (QED) is 0.245. The van der Waals surface area contributed by atoms with Crippen LogP contribution in [-0.2, 0) is 17.5 Å². The largest absolute Gasteiger partial charge is 0.433 e. The fraction of sp³-hybridized carbons (Fsp3) is 0.0870. The van der Waals surface area contributed by atoms with Gasteiger partial charge in [0.25, 0.3) is 5.91 Å². The number of amides is 1. The summed E-state index contributed by atoms with van der Waals surface area (Å²) in [5.41, 5.74) is 1.91. The second-order valence-corrected chi connectivity index (χ2v) is 7.20. The number of nitrogens with one attached hydrogen (secondary N) is 1. The number of nitrogens with zero attached hydrogens (tertiary/aromatic N) is 5. The zero-order valence-corrected chi connectivity index (χ0v) is 17.7. The van der Waals surface area contributed by atoms with Crippen LogP contribution in [0.2, 0.25) is 0 Å². The molecule has 0 radical (unpaired) electrons. The molecule has 0 atom stereocenters. The van der Waals surface area contributed by atoms with Gasteiger partial charge in [-0.15, -0.1) is 5.10 Å². The topological polar surface area (TPSA) is 84.5 Å². The third-order valence-corrected chi connectivity index (χ3v) is 4.64. The Bertz CT molecular complexity index is 1410. The first kappa shape index (κ1) is 23.7. The first-order chi connectivity index (χ1) is 16.7. The van der Waals surface area contributed by atoms with Gasteiger partial charge >= 0.3 is 6.18 Å². The maximum absolute atomic E-state index is 13.2. The minimum atomic E-state index is -4.71. The third-order valence-electron chi connectivity index (χ3n) is 4.64. The minimum absolute atomic E-state index is 0.0214. The van der Waals surface area contributed by atoms with Gasteiger partial charge in [0, 0.05) is 6.21 Å². The second-order valence-electron chi connectivity index (χ2n) is 7.20. The van der Waals surface area contributed by atoms with Gasteiger partial charge < -0.3 is 0 Å². The number of rotatable bonds is 6. The Balaban J connectivity index is 1.60. The molecule has 0 aliphatic heterocycles. The van der Waals surface area contributed by atoms with E-state index in [2.05, 4.69) is 25.6 Å². The van der Waals surface area contributed by atoms with Crippen molar-refractivity contribution in [3.63, 3.8) is 0 Å². The fourth-order valence-electron chi connectivity index (χ4n) is 2.98. The maximum atomic E-state index is 13.2. The van der Waals surface area contributed by atoms with Crippen LogP contribution in [0.5, 0.6) is 0 Å². The number of benzene rings is 2. The molecule has 0 aliphatic carbocycles. The highest BCUT2D eigenvalue weighted by Gasteiger charge is 2.33. The van der Waals surface area contributed by atoms with Gasteiger partial charge in [-0.25, -0.2) is 28.9 Å². The second kappa shape index (κ2) is 9.79. The number of carbonyl (C=O) groups excluding carboxylic acids is 1. The summed E-state index contributed by atoms with van der Waals surface area (Å²) < 4.78 is 66.6. The van der Waals surface area contributed by atoms with Crippen LogP contribution in [0.3, 0.4) is 0 Å². The highest BCUT2D eigenvalue weighted by atomic mass is 19.4. The van der Waals surface area contributed by atoms with Crippen molar-refractivity contribution in [1.29, 1.82) is 0 Å². The molecule has 0 bridgehead atoms. The van der Waals surface area contributed by atoms with Crippen molar-refractivity contribution in [2.75, 3.05) is 0 Å². The molecular formula is C23H15F5N6O. The van der Waals surface area contributed by atoms with Gasteiger partial charge in [-0.1, -0.05) is 24.3 Å². The van der Waals surface area contributed by atoms with Crippen LogP contribution < -0.4 is 5.43 Å². The van der Waals surface area contributed by atoms with E-state index < -0.39 is 36.0 Å². The molecule has 12 heteroatoms. The lowest BCUT2D eigenvalue weighted by Crippen LogP contribution is -2.24. The van der Waals surface area contributed by atoms with Crippen LogP contribution in [-0.4, -0.2) is 33.1 Å². The predicted octanol–water partition coefficient (Wildman–Crippen LogP) is 4.63. The van der Waals surface area contributed by atoms with Gasteiger partial charge in [0.2, 0.25) is 0 Å². The highest BCUT2D eigenvalue weighted by Crippen LogP contribution is 2.31. The number of hydrazone groups is 1. The smallest absolute Gasteiger partial charge is 0.271 e. The van der Waals surface area contributed by atoms with Crippen LogP contribution in [0.15, 0.2) is 70.8 Å². The number of pyridine rings is 1. The number of carbonyl (C=O) groups is 1. The molecule has 178 valence electrons. The normalized spacial score (nSPS) is 12.1. The van der Waals surface area contributed by atoms with Gasteiger partial charge in [-0.2, -0.15) is 18.3 Å². The molecule has 0 saturated carbocycles. The van der Waals surface area contributed by atoms with Crippen LogP contribution in [0.1, 0.15) is 16.8 Å². The molecular weight excluding hydrogens is 471 g/mol. The van der Waals surface area contributed by atoms with E-state index in [4.69, 9.17) is 0 Å². The summed E-state index contributed by atoms with van der Waals surface area (Å²) in [5, 5.41) is 8.05. The van der Waals surface area contributed by atoms with E-state index in [0.29, 0.717) is 11.1 Å². The SMILES string of the molecule is O=C(Cn1nc(N=Cc2ccc(F)cc2)c2ccc(C(F)(F)F)nc21)N/N=C/c1ccc(F)cc1. The molecule has 2 heterocycles. The number of aromatic nitrogens is 3.